The molecule has 0 aromatic carbocycles. The lowest BCUT2D eigenvalue weighted by Gasteiger charge is -2.50. The zero-order valence-corrected chi connectivity index (χ0v) is 50.6. The van der Waals surface area contributed by atoms with Gasteiger partial charge in [-0.25, -0.2) is 0 Å². The summed E-state index contributed by atoms with van der Waals surface area (Å²) in [5.41, 5.74) is 0. The molecule has 7 fully saturated rings. The molecule has 554 valence electrons. The molecule has 7 saturated heterocycles. The summed E-state index contributed by atoms with van der Waals surface area (Å²) in [6, 6.07) is -3.77. The summed E-state index contributed by atoms with van der Waals surface area (Å²) in [5.74, 6) is -1.86. The largest absolute Gasteiger partial charge is 0.394 e. The van der Waals surface area contributed by atoms with E-state index in [9.17, 15) is 137 Å². The SMILES string of the molecule is CC(=O)N[C@H]1[C@H](OC[C@H]2O[C@@H](O[C@@H]([C@H](O)[C@@H](O)CO)[C@H](O)CO)[C@H](O)[C@@H](O[C@@H]3O[C@H](CO)[C@@H](O[C@@H]4O[C@H](CO)[C@H](O[C@@H]5O[C@H](CO)[C@H](O)[C@H](O)[C@H]5O)[C@H](O)[C@H]4O)[C@H](O)[C@H]3NC(C)=O)[C@H]2O)O[C@H](CO)[C@@H](O[C@@H]2O[C@H](CO)[C@H](O[C@@H]3O[C@H](CO)[C@H](O)[C@H](O)[C@H]3O)[C@H](O)[C@H]2O)[C@@H]1O. The Balaban J connectivity index is 1.11. The number of rotatable bonds is 28. The van der Waals surface area contributed by atoms with Crippen molar-refractivity contribution < 1.29 is 204 Å². The van der Waals surface area contributed by atoms with Gasteiger partial charge in [-0.3, -0.25) is 9.59 Å². The average Bonchev–Trinajstić information content (AvgIpc) is 0.786. The third-order valence-corrected chi connectivity index (χ3v) is 17.1. The number of carbonyl (C=O) groups is 2. The Morgan fingerprint density at radius 1 is 0.337 bits per heavy atom. The van der Waals surface area contributed by atoms with Crippen LogP contribution in [0, 0.1) is 0 Å². The third kappa shape index (κ3) is 17.8. The number of hydrogen-bond acceptors (Lipinski definition) is 41. The monoisotopic (exact) mass is 1400 g/mol. The maximum absolute atomic E-state index is 12.9. The molecule has 0 radical (unpaired) electrons. The predicted molar refractivity (Wildman–Crippen MR) is 290 cm³/mol. The van der Waals surface area contributed by atoms with Crippen molar-refractivity contribution in [3.63, 3.8) is 0 Å². The molecule has 0 unspecified atom stereocenters. The molecule has 43 heteroatoms. The molecule has 27 N–H and O–H groups in total. The molecule has 43 nitrogen and oxygen atoms in total. The molecule has 39 atom stereocenters. The van der Waals surface area contributed by atoms with Crippen LogP contribution in [0.1, 0.15) is 13.8 Å². The van der Waals surface area contributed by atoms with Crippen LogP contribution in [0.5, 0.6) is 0 Å². The zero-order chi connectivity index (χ0) is 70.3. The van der Waals surface area contributed by atoms with Crippen molar-refractivity contribution in [3.8, 4) is 0 Å². The van der Waals surface area contributed by atoms with E-state index in [1.807, 2.05) is 0 Å². The van der Waals surface area contributed by atoms with Gasteiger partial charge in [-0.15, -0.1) is 0 Å². The second-order valence-electron chi connectivity index (χ2n) is 23.6. The summed E-state index contributed by atoms with van der Waals surface area (Å²) in [5, 5.41) is 273. The molecular weight excluding hydrogens is 1310 g/mol. The Hall–Kier alpha value is -2.62. The number of aliphatic hydroxyl groups is 25. The van der Waals surface area contributed by atoms with Crippen molar-refractivity contribution in [2.24, 2.45) is 0 Å². The molecule has 7 aliphatic rings. The molecule has 0 saturated carbocycles. The minimum absolute atomic E-state index is 0.880. The second kappa shape index (κ2) is 35.3. The maximum Gasteiger partial charge on any atom is 0.217 e. The first-order valence-corrected chi connectivity index (χ1v) is 30.1. The summed E-state index contributed by atoms with van der Waals surface area (Å²) in [6.07, 6.45) is -74.6. The maximum atomic E-state index is 12.9. The van der Waals surface area contributed by atoms with Crippen LogP contribution in [-0.2, 0) is 75.9 Å². The molecule has 2 amide bonds. The highest BCUT2D eigenvalue weighted by atomic mass is 16.8. The number of nitrogens with one attached hydrogen (secondary N) is 2. The molecule has 0 bridgehead atoms. The van der Waals surface area contributed by atoms with Gasteiger partial charge in [0.15, 0.2) is 44.0 Å². The number of aliphatic hydroxyl groups excluding tert-OH is 25. The van der Waals surface area contributed by atoms with Crippen molar-refractivity contribution in [2.75, 3.05) is 59.5 Å². The summed E-state index contributed by atoms with van der Waals surface area (Å²) in [7, 11) is 0. The van der Waals surface area contributed by atoms with Gasteiger partial charge in [-0.2, -0.15) is 0 Å². The molecule has 7 rings (SSSR count). The third-order valence-electron chi connectivity index (χ3n) is 17.1. The second-order valence-corrected chi connectivity index (χ2v) is 23.6. The Bertz CT molecular complexity index is 2330. The summed E-state index contributed by atoms with van der Waals surface area (Å²) in [4.78, 5) is 25.6. The summed E-state index contributed by atoms with van der Waals surface area (Å²) in [6.45, 7) is -7.70. The van der Waals surface area contributed by atoms with E-state index < -0.39 is 311 Å². The van der Waals surface area contributed by atoms with E-state index >= 15 is 0 Å². The lowest BCUT2D eigenvalue weighted by Crippen LogP contribution is -2.70. The van der Waals surface area contributed by atoms with Crippen molar-refractivity contribution in [1.29, 1.82) is 0 Å². The Morgan fingerprint density at radius 3 is 1.02 bits per heavy atom. The Labute approximate surface area is 537 Å². The molecule has 0 aliphatic carbocycles. The number of hydrogen-bond donors (Lipinski definition) is 27. The first-order chi connectivity index (χ1) is 44.9. The first-order valence-electron chi connectivity index (χ1n) is 30.1. The van der Waals surface area contributed by atoms with Gasteiger partial charge in [-0.1, -0.05) is 0 Å². The minimum Gasteiger partial charge on any atom is -0.394 e. The zero-order valence-electron chi connectivity index (χ0n) is 50.6. The van der Waals surface area contributed by atoms with Crippen molar-refractivity contribution in [2.45, 2.75) is 253 Å². The van der Waals surface area contributed by atoms with Crippen LogP contribution >= 0.6 is 0 Å². The van der Waals surface area contributed by atoms with E-state index in [0.717, 1.165) is 13.8 Å². The van der Waals surface area contributed by atoms with E-state index in [1.165, 1.54) is 0 Å². The fourth-order valence-corrected chi connectivity index (χ4v) is 11.8. The van der Waals surface area contributed by atoms with Gasteiger partial charge in [0.1, 0.15) is 195 Å². The van der Waals surface area contributed by atoms with Crippen LogP contribution in [-0.4, -0.2) is 438 Å². The standard InChI is InChI=1S/C52H90N2O41/c1-12(63)53-23-29(71)41(91-50-37(79)33(75)43(20(9-61)87-50)93-48-35(77)31(73)26(68)16(5-57)83-48)18(7-59)85-46(23)82-11-22-28(70)45(39(81)52(89-22)90-40(15(66)4-56)25(67)14(65)3-55)95-47-24(54-13(2)64)30(72)42(19(8-60)86-47)92-51-38(80)34(76)44(21(10-62)88-51)94-49-36(78)32(74)27(69)17(6-58)84-49/h14-52,55-62,65-81H,3-11H2,1-2H3,(H,53,63)(H,54,64)/t14-,15+,16+,17+,18+,19+,20+,21+,22+,23+,24+,25+,26-,27-,28-,29+,30+,31-,32-,33+,34+,35+,36+,37+,38+,39+,40+,41+,42+,43-,44-,45-,46+,47-,48-,49-,50-,51-,52-/m0/s1. The highest BCUT2D eigenvalue weighted by Gasteiger charge is 2.59. The normalized spacial score (nSPS) is 47.3. The van der Waals surface area contributed by atoms with Crippen molar-refractivity contribution >= 4 is 11.8 Å². The van der Waals surface area contributed by atoms with Gasteiger partial charge in [0, 0.05) is 13.8 Å². The Kier molecular flexibility index (Phi) is 29.6. The molecule has 0 aromatic rings. The molecule has 0 spiro atoms. The smallest absolute Gasteiger partial charge is 0.217 e. The highest BCUT2D eigenvalue weighted by Crippen LogP contribution is 2.38. The fraction of sp³-hybridized carbons (Fsp3) is 0.962. The van der Waals surface area contributed by atoms with Gasteiger partial charge in [-0.05, 0) is 0 Å². The molecule has 7 aliphatic heterocycles. The van der Waals surface area contributed by atoms with Crippen LogP contribution in [0.3, 0.4) is 0 Å². The number of amides is 2. The van der Waals surface area contributed by atoms with Crippen LogP contribution in [0.15, 0.2) is 0 Å². The van der Waals surface area contributed by atoms with Crippen LogP contribution in [0.2, 0.25) is 0 Å². The molecule has 7 heterocycles. The summed E-state index contributed by atoms with van der Waals surface area (Å²) < 4.78 is 80.3. The average molecular weight is 1400 g/mol. The van der Waals surface area contributed by atoms with E-state index in [4.69, 9.17) is 66.3 Å². The van der Waals surface area contributed by atoms with Gasteiger partial charge in [0.05, 0.1) is 59.5 Å². The quantitative estimate of drug-likeness (QED) is 0.0346. The Morgan fingerprint density at radius 2 is 0.653 bits per heavy atom. The molecular formula is C52H90N2O41. The molecule has 95 heavy (non-hydrogen) atoms. The van der Waals surface area contributed by atoms with E-state index in [0.29, 0.717) is 0 Å². The van der Waals surface area contributed by atoms with E-state index in [2.05, 4.69) is 10.6 Å². The molecule has 0 aromatic heterocycles. The van der Waals surface area contributed by atoms with Crippen molar-refractivity contribution in [3.05, 3.63) is 0 Å². The van der Waals surface area contributed by atoms with Gasteiger partial charge < -0.3 is 205 Å². The van der Waals surface area contributed by atoms with Crippen molar-refractivity contribution in [1.82, 2.24) is 10.6 Å². The van der Waals surface area contributed by atoms with Crippen LogP contribution < -0.4 is 10.6 Å². The lowest BCUT2D eigenvalue weighted by molar-refractivity contribution is -0.385. The number of ether oxygens (including phenoxy) is 14. The van der Waals surface area contributed by atoms with Gasteiger partial charge in [0.25, 0.3) is 0 Å². The first kappa shape index (κ1) is 79.7. The number of carbonyl (C=O) groups excluding carboxylic acids is 2. The highest BCUT2D eigenvalue weighted by molar-refractivity contribution is 5.73. The van der Waals surface area contributed by atoms with Gasteiger partial charge in [0.2, 0.25) is 11.8 Å². The van der Waals surface area contributed by atoms with Crippen LogP contribution in [0.25, 0.3) is 0 Å². The lowest BCUT2D eigenvalue weighted by atomic mass is 9.94. The fourth-order valence-electron chi connectivity index (χ4n) is 11.8. The minimum atomic E-state index is -2.43. The topological polar surface area (TPSA) is 693 Å². The van der Waals surface area contributed by atoms with E-state index in [1.54, 1.807) is 0 Å². The van der Waals surface area contributed by atoms with E-state index in [-0.39, 0.29) is 0 Å². The van der Waals surface area contributed by atoms with Gasteiger partial charge >= 0.3 is 0 Å². The predicted octanol–water partition coefficient (Wildman–Crippen LogP) is -18.5. The van der Waals surface area contributed by atoms with Crippen LogP contribution in [0.4, 0.5) is 0 Å². The summed E-state index contributed by atoms with van der Waals surface area (Å²) >= 11 is 0.